The molecule has 5 rings (SSSR count). The molecule has 0 aliphatic rings. The van der Waals surface area contributed by atoms with Gasteiger partial charge in [0.15, 0.2) is 0 Å². The fourth-order valence-corrected chi connectivity index (χ4v) is 3.69. The molecule has 0 fully saturated rings. The number of benzene rings is 2. The predicted molar refractivity (Wildman–Crippen MR) is 117 cm³/mol. The SMILES string of the molecule is [Pt+2].[c-]1c(N(c2ccccc2)c2cccc(-c3ccsn3)n2)cccc1-n1[c-]ccc1. The van der Waals surface area contributed by atoms with Crippen LogP contribution in [0.4, 0.5) is 17.2 Å². The summed E-state index contributed by atoms with van der Waals surface area (Å²) in [5, 5.41) is 1.96. The van der Waals surface area contributed by atoms with Crippen LogP contribution in [-0.4, -0.2) is 13.9 Å². The smallest absolute Gasteiger partial charge is 0.471 e. The number of anilines is 3. The van der Waals surface area contributed by atoms with Gasteiger partial charge in [-0.15, -0.1) is 18.3 Å². The van der Waals surface area contributed by atoms with Crippen LogP contribution in [-0.2, 0) is 21.1 Å². The molecule has 0 saturated carbocycles. The summed E-state index contributed by atoms with van der Waals surface area (Å²) in [5.41, 5.74) is 4.56. The van der Waals surface area contributed by atoms with E-state index in [1.807, 2.05) is 88.9 Å². The first-order chi connectivity index (χ1) is 14.4. The molecule has 0 radical (unpaired) electrons. The van der Waals surface area contributed by atoms with Crippen molar-refractivity contribution in [2.24, 2.45) is 0 Å². The van der Waals surface area contributed by atoms with E-state index < -0.39 is 0 Å². The summed E-state index contributed by atoms with van der Waals surface area (Å²) in [5.74, 6) is 0.812. The Bertz CT molecular complexity index is 1130. The maximum Gasteiger partial charge on any atom is 2.00 e. The summed E-state index contributed by atoms with van der Waals surface area (Å²) in [4.78, 5) is 7.00. The van der Waals surface area contributed by atoms with Crippen LogP contribution >= 0.6 is 11.5 Å². The zero-order valence-electron chi connectivity index (χ0n) is 15.8. The van der Waals surface area contributed by atoms with E-state index >= 15 is 0 Å². The molecule has 6 heteroatoms. The third kappa shape index (κ3) is 4.13. The minimum absolute atomic E-state index is 0. The van der Waals surface area contributed by atoms with Crippen molar-refractivity contribution in [1.29, 1.82) is 0 Å². The Morgan fingerprint density at radius 3 is 2.47 bits per heavy atom. The van der Waals surface area contributed by atoms with Crippen molar-refractivity contribution in [3.8, 4) is 17.1 Å². The number of pyridine rings is 1. The second-order valence-corrected chi connectivity index (χ2v) is 7.03. The Morgan fingerprint density at radius 2 is 1.70 bits per heavy atom. The first kappa shape index (κ1) is 20.3. The second kappa shape index (κ2) is 9.20. The normalized spacial score (nSPS) is 10.4. The molecule has 0 unspecified atom stereocenters. The van der Waals surface area contributed by atoms with Crippen LogP contribution in [0.15, 0.2) is 96.5 Å². The fourth-order valence-electron chi connectivity index (χ4n) is 3.17. The van der Waals surface area contributed by atoms with Gasteiger partial charge >= 0.3 is 21.1 Å². The Labute approximate surface area is 193 Å². The Kier molecular flexibility index (Phi) is 6.22. The van der Waals surface area contributed by atoms with Gasteiger partial charge in [0.05, 0.1) is 5.69 Å². The summed E-state index contributed by atoms with van der Waals surface area (Å²) in [6.07, 6.45) is 5.13. The van der Waals surface area contributed by atoms with Crippen LogP contribution in [0.5, 0.6) is 0 Å². The van der Waals surface area contributed by atoms with E-state index in [4.69, 9.17) is 4.98 Å². The van der Waals surface area contributed by atoms with Crippen molar-refractivity contribution >= 4 is 28.7 Å². The molecular weight excluding hydrogens is 571 g/mol. The molecule has 0 atom stereocenters. The van der Waals surface area contributed by atoms with E-state index in [1.54, 1.807) is 0 Å². The van der Waals surface area contributed by atoms with Gasteiger partial charge in [0.1, 0.15) is 11.5 Å². The summed E-state index contributed by atoms with van der Waals surface area (Å²) < 4.78 is 6.35. The Balaban J connectivity index is 0.00000218. The van der Waals surface area contributed by atoms with E-state index in [9.17, 15) is 0 Å². The molecule has 0 saturated heterocycles. The number of hydrogen-bond donors (Lipinski definition) is 0. The van der Waals surface area contributed by atoms with Gasteiger partial charge in [0.25, 0.3) is 0 Å². The minimum Gasteiger partial charge on any atom is -0.471 e. The molecule has 5 aromatic rings. The number of rotatable bonds is 5. The van der Waals surface area contributed by atoms with Gasteiger partial charge in [-0.05, 0) is 41.9 Å². The van der Waals surface area contributed by atoms with Crippen LogP contribution in [0.3, 0.4) is 0 Å². The van der Waals surface area contributed by atoms with Crippen LogP contribution in [0.25, 0.3) is 17.1 Å². The topological polar surface area (TPSA) is 34.0 Å². The molecule has 4 nitrogen and oxygen atoms in total. The molecular formula is C24H16N4PtS. The van der Waals surface area contributed by atoms with Crippen molar-refractivity contribution < 1.29 is 21.1 Å². The van der Waals surface area contributed by atoms with Gasteiger partial charge in [-0.2, -0.15) is 34.3 Å². The van der Waals surface area contributed by atoms with E-state index in [0.29, 0.717) is 0 Å². The van der Waals surface area contributed by atoms with E-state index in [-0.39, 0.29) is 21.1 Å². The van der Waals surface area contributed by atoms with Crippen LogP contribution < -0.4 is 4.90 Å². The molecule has 0 aliphatic carbocycles. The molecule has 0 N–H and O–H groups in total. The quantitative estimate of drug-likeness (QED) is 0.235. The zero-order chi connectivity index (χ0) is 19.5. The Morgan fingerprint density at radius 1 is 0.833 bits per heavy atom. The van der Waals surface area contributed by atoms with Crippen molar-refractivity contribution in [2.45, 2.75) is 0 Å². The van der Waals surface area contributed by atoms with E-state index in [1.165, 1.54) is 11.5 Å². The second-order valence-electron chi connectivity index (χ2n) is 6.37. The molecule has 0 aliphatic heterocycles. The first-order valence-corrected chi connectivity index (χ1v) is 10.0. The minimum atomic E-state index is 0. The average Bonchev–Trinajstić information content (AvgIpc) is 3.50. The number of para-hydroxylation sites is 1. The average molecular weight is 588 g/mol. The van der Waals surface area contributed by atoms with Crippen LogP contribution in [0.2, 0.25) is 0 Å². The van der Waals surface area contributed by atoms with E-state index in [2.05, 4.69) is 33.7 Å². The number of aromatic nitrogens is 3. The maximum atomic E-state index is 4.90. The van der Waals surface area contributed by atoms with Crippen molar-refractivity contribution in [1.82, 2.24) is 13.9 Å². The van der Waals surface area contributed by atoms with Crippen LogP contribution in [0.1, 0.15) is 0 Å². The number of hydrogen-bond acceptors (Lipinski definition) is 4. The summed E-state index contributed by atoms with van der Waals surface area (Å²) in [7, 11) is 0. The maximum absolute atomic E-state index is 4.90. The largest absolute Gasteiger partial charge is 2.00 e. The zero-order valence-corrected chi connectivity index (χ0v) is 18.8. The van der Waals surface area contributed by atoms with Gasteiger partial charge in [0, 0.05) is 11.1 Å². The van der Waals surface area contributed by atoms with Gasteiger partial charge in [-0.25, -0.2) is 4.98 Å². The molecule has 30 heavy (non-hydrogen) atoms. The molecule has 0 spiro atoms. The Hall–Kier alpha value is -3.01. The monoisotopic (exact) mass is 587 g/mol. The predicted octanol–water partition coefficient (Wildman–Crippen LogP) is 6.06. The standard InChI is InChI=1S/C24H16N4S.Pt/c1-2-8-19(9-3-1)28(21-11-6-10-20(18-21)27-15-4-5-16-27)24-13-7-12-22(25-24)23-14-17-29-26-23;/h1-15,17H;/q-2;+2. The molecule has 0 amide bonds. The molecule has 0 bridgehead atoms. The first-order valence-electron chi connectivity index (χ1n) is 9.19. The molecule has 2 aromatic carbocycles. The van der Waals surface area contributed by atoms with Crippen molar-refractivity contribution in [3.05, 3.63) is 109 Å². The van der Waals surface area contributed by atoms with Gasteiger partial charge < -0.3 is 9.47 Å². The third-order valence-corrected chi connectivity index (χ3v) is 5.05. The van der Waals surface area contributed by atoms with Crippen LogP contribution in [0, 0.1) is 12.3 Å². The fraction of sp³-hybridized carbons (Fsp3) is 0. The van der Waals surface area contributed by atoms with Crippen molar-refractivity contribution in [3.63, 3.8) is 0 Å². The van der Waals surface area contributed by atoms with Gasteiger partial charge in [-0.1, -0.05) is 36.1 Å². The summed E-state index contributed by atoms with van der Waals surface area (Å²) in [6.45, 7) is 0. The third-order valence-electron chi connectivity index (χ3n) is 4.49. The molecule has 148 valence electrons. The summed E-state index contributed by atoms with van der Waals surface area (Å²) >= 11 is 1.43. The molecule has 3 heterocycles. The summed E-state index contributed by atoms with van der Waals surface area (Å²) in [6, 6.07) is 31.6. The van der Waals surface area contributed by atoms with Gasteiger partial charge in [-0.3, -0.25) is 0 Å². The molecule has 3 aromatic heterocycles. The van der Waals surface area contributed by atoms with E-state index in [0.717, 1.165) is 34.3 Å². The number of nitrogens with zero attached hydrogens (tertiary/aromatic N) is 4. The van der Waals surface area contributed by atoms with Gasteiger partial charge in [0.2, 0.25) is 0 Å². The van der Waals surface area contributed by atoms with Crippen molar-refractivity contribution in [2.75, 3.05) is 4.90 Å².